The maximum absolute atomic E-state index is 12.0. The Kier molecular flexibility index (Phi) is 4.02. The van der Waals surface area contributed by atoms with E-state index < -0.39 is 0 Å². The van der Waals surface area contributed by atoms with Crippen LogP contribution in [0.4, 0.5) is 5.69 Å². The molecule has 0 spiro atoms. The van der Waals surface area contributed by atoms with Crippen LogP contribution in [0.25, 0.3) is 0 Å². The fourth-order valence-electron chi connectivity index (χ4n) is 2.26. The van der Waals surface area contributed by atoms with Gasteiger partial charge in [0, 0.05) is 12.0 Å². The van der Waals surface area contributed by atoms with E-state index in [4.69, 9.17) is 17.3 Å². The van der Waals surface area contributed by atoms with Gasteiger partial charge in [-0.15, -0.1) is 0 Å². The molecule has 1 aromatic carbocycles. The van der Waals surface area contributed by atoms with Crippen LogP contribution in [0, 0.1) is 5.92 Å². The molecule has 3 N–H and O–H groups in total. The molecule has 2 unspecified atom stereocenters. The number of amides is 1. The van der Waals surface area contributed by atoms with Crippen molar-refractivity contribution >= 4 is 23.2 Å². The molecule has 1 fully saturated rings. The van der Waals surface area contributed by atoms with Crippen molar-refractivity contribution in [1.29, 1.82) is 0 Å². The summed E-state index contributed by atoms with van der Waals surface area (Å²) in [6.45, 7) is 0. The molecule has 0 heterocycles. The van der Waals surface area contributed by atoms with E-state index in [1.807, 2.05) is 18.2 Å². The zero-order valence-corrected chi connectivity index (χ0v) is 10.4. The lowest BCUT2D eigenvalue weighted by molar-refractivity contribution is -0.120. The standard InChI is InChI=1S/C13H17ClN2O/c14-11-6-1-2-7-12(11)16-13(17)9-4-3-5-10(15)8-9/h1-2,6-7,9-10H,3-5,8,15H2,(H,16,17). The Morgan fingerprint density at radius 3 is 2.82 bits per heavy atom. The summed E-state index contributed by atoms with van der Waals surface area (Å²) < 4.78 is 0. The number of carbonyl (C=O) groups excluding carboxylic acids is 1. The lowest BCUT2D eigenvalue weighted by Crippen LogP contribution is -2.34. The van der Waals surface area contributed by atoms with Crippen molar-refractivity contribution in [3.05, 3.63) is 29.3 Å². The van der Waals surface area contributed by atoms with E-state index in [0.717, 1.165) is 25.7 Å². The van der Waals surface area contributed by atoms with Crippen molar-refractivity contribution in [2.75, 3.05) is 5.32 Å². The van der Waals surface area contributed by atoms with Gasteiger partial charge in [-0.25, -0.2) is 0 Å². The second-order valence-electron chi connectivity index (χ2n) is 4.59. The second-order valence-corrected chi connectivity index (χ2v) is 5.00. The number of anilines is 1. The number of nitrogens with one attached hydrogen (secondary N) is 1. The van der Waals surface area contributed by atoms with Crippen molar-refractivity contribution in [3.63, 3.8) is 0 Å². The van der Waals surface area contributed by atoms with Crippen LogP contribution in [0.15, 0.2) is 24.3 Å². The number of nitrogens with two attached hydrogens (primary N) is 1. The van der Waals surface area contributed by atoms with Crippen LogP contribution in [0.5, 0.6) is 0 Å². The lowest BCUT2D eigenvalue weighted by Gasteiger charge is -2.25. The zero-order chi connectivity index (χ0) is 12.3. The largest absolute Gasteiger partial charge is 0.328 e. The highest BCUT2D eigenvalue weighted by Gasteiger charge is 2.25. The van der Waals surface area contributed by atoms with E-state index >= 15 is 0 Å². The van der Waals surface area contributed by atoms with Crippen molar-refractivity contribution in [2.24, 2.45) is 11.7 Å². The number of carbonyl (C=O) groups is 1. The second kappa shape index (κ2) is 5.52. The van der Waals surface area contributed by atoms with E-state index in [0.29, 0.717) is 10.7 Å². The van der Waals surface area contributed by atoms with Gasteiger partial charge in [0.15, 0.2) is 0 Å². The normalized spacial score (nSPS) is 24.4. The molecule has 2 atom stereocenters. The zero-order valence-electron chi connectivity index (χ0n) is 9.66. The molecular weight excluding hydrogens is 236 g/mol. The molecule has 0 radical (unpaired) electrons. The van der Waals surface area contributed by atoms with Crippen LogP contribution in [0.1, 0.15) is 25.7 Å². The van der Waals surface area contributed by atoms with E-state index in [9.17, 15) is 4.79 Å². The average molecular weight is 253 g/mol. The van der Waals surface area contributed by atoms with Crippen LogP contribution >= 0.6 is 11.6 Å². The third kappa shape index (κ3) is 3.20. The molecule has 17 heavy (non-hydrogen) atoms. The fraction of sp³-hybridized carbons (Fsp3) is 0.462. The Morgan fingerprint density at radius 2 is 2.12 bits per heavy atom. The Labute approximate surface area is 106 Å². The highest BCUT2D eigenvalue weighted by Crippen LogP contribution is 2.26. The number of benzene rings is 1. The van der Waals surface area contributed by atoms with E-state index in [2.05, 4.69) is 5.32 Å². The molecule has 1 amide bonds. The van der Waals surface area contributed by atoms with Crippen molar-refractivity contribution in [1.82, 2.24) is 0 Å². The highest BCUT2D eigenvalue weighted by molar-refractivity contribution is 6.33. The molecule has 92 valence electrons. The van der Waals surface area contributed by atoms with E-state index in [1.165, 1.54) is 0 Å². The number of hydrogen-bond acceptors (Lipinski definition) is 2. The first-order valence-corrected chi connectivity index (χ1v) is 6.35. The molecule has 1 saturated carbocycles. The quantitative estimate of drug-likeness (QED) is 0.850. The van der Waals surface area contributed by atoms with Crippen molar-refractivity contribution in [2.45, 2.75) is 31.7 Å². The third-order valence-electron chi connectivity index (χ3n) is 3.22. The fourth-order valence-corrected chi connectivity index (χ4v) is 2.45. The molecule has 4 heteroatoms. The molecule has 1 aliphatic rings. The molecule has 3 nitrogen and oxygen atoms in total. The summed E-state index contributed by atoms with van der Waals surface area (Å²) in [7, 11) is 0. The summed E-state index contributed by atoms with van der Waals surface area (Å²) in [6, 6.07) is 7.43. The molecular formula is C13H17ClN2O. The first-order valence-electron chi connectivity index (χ1n) is 5.98. The van der Waals surface area contributed by atoms with Gasteiger partial charge in [0.2, 0.25) is 5.91 Å². The molecule has 1 aliphatic carbocycles. The Bertz CT molecular complexity index is 408. The maximum Gasteiger partial charge on any atom is 0.227 e. The molecule has 0 aliphatic heterocycles. The number of hydrogen-bond donors (Lipinski definition) is 2. The first-order chi connectivity index (χ1) is 8.16. The number of halogens is 1. The van der Waals surface area contributed by atoms with Crippen LogP contribution in [0.3, 0.4) is 0 Å². The third-order valence-corrected chi connectivity index (χ3v) is 3.55. The SMILES string of the molecule is NC1CCCC(C(=O)Nc2ccccc2Cl)C1. The van der Waals surface area contributed by atoms with Gasteiger partial charge in [-0.2, -0.15) is 0 Å². The Balaban J connectivity index is 1.99. The van der Waals surface area contributed by atoms with Gasteiger partial charge in [0.05, 0.1) is 10.7 Å². The van der Waals surface area contributed by atoms with E-state index in [-0.39, 0.29) is 17.9 Å². The molecule has 0 bridgehead atoms. The number of para-hydroxylation sites is 1. The summed E-state index contributed by atoms with van der Waals surface area (Å²) in [5.74, 6) is 0.0586. The van der Waals surface area contributed by atoms with Crippen molar-refractivity contribution < 1.29 is 4.79 Å². The van der Waals surface area contributed by atoms with Gasteiger partial charge in [0.1, 0.15) is 0 Å². The summed E-state index contributed by atoms with van der Waals surface area (Å²) in [6.07, 6.45) is 3.75. The van der Waals surface area contributed by atoms with Gasteiger partial charge in [0.25, 0.3) is 0 Å². The highest BCUT2D eigenvalue weighted by atomic mass is 35.5. The minimum absolute atomic E-state index is 0.0232. The van der Waals surface area contributed by atoms with Gasteiger partial charge in [-0.1, -0.05) is 30.2 Å². The summed E-state index contributed by atoms with van der Waals surface area (Å²) in [5.41, 5.74) is 6.56. The monoisotopic (exact) mass is 252 g/mol. The van der Waals surface area contributed by atoms with Gasteiger partial charge in [-0.3, -0.25) is 4.79 Å². The molecule has 0 saturated heterocycles. The van der Waals surface area contributed by atoms with Crippen LogP contribution in [-0.4, -0.2) is 11.9 Å². The van der Waals surface area contributed by atoms with Crippen molar-refractivity contribution in [3.8, 4) is 0 Å². The Hall–Kier alpha value is -1.06. The van der Waals surface area contributed by atoms with Gasteiger partial charge >= 0.3 is 0 Å². The summed E-state index contributed by atoms with van der Waals surface area (Å²) >= 11 is 6.00. The number of rotatable bonds is 2. The minimum atomic E-state index is 0.0232. The molecule has 1 aromatic rings. The Morgan fingerprint density at radius 1 is 1.35 bits per heavy atom. The molecule has 0 aromatic heterocycles. The predicted molar refractivity (Wildman–Crippen MR) is 70.0 cm³/mol. The summed E-state index contributed by atoms with van der Waals surface area (Å²) in [5, 5.41) is 3.44. The van der Waals surface area contributed by atoms with E-state index in [1.54, 1.807) is 6.07 Å². The minimum Gasteiger partial charge on any atom is -0.328 e. The lowest BCUT2D eigenvalue weighted by atomic mass is 9.85. The van der Waals surface area contributed by atoms with Gasteiger partial charge < -0.3 is 11.1 Å². The topological polar surface area (TPSA) is 55.1 Å². The van der Waals surface area contributed by atoms with Gasteiger partial charge in [-0.05, 0) is 31.4 Å². The van der Waals surface area contributed by atoms with Crippen LogP contribution in [0.2, 0.25) is 5.02 Å². The smallest absolute Gasteiger partial charge is 0.227 e. The predicted octanol–water partition coefficient (Wildman–Crippen LogP) is 2.80. The molecule has 2 rings (SSSR count). The summed E-state index contributed by atoms with van der Waals surface area (Å²) in [4.78, 5) is 12.0. The van der Waals surface area contributed by atoms with Crippen LogP contribution in [-0.2, 0) is 4.79 Å². The maximum atomic E-state index is 12.0. The average Bonchev–Trinajstić information content (AvgIpc) is 2.32. The van der Waals surface area contributed by atoms with Crippen LogP contribution < -0.4 is 11.1 Å². The first kappa shape index (κ1) is 12.4.